The highest BCUT2D eigenvalue weighted by atomic mass is 16.2. The summed E-state index contributed by atoms with van der Waals surface area (Å²) >= 11 is 0. The predicted octanol–water partition coefficient (Wildman–Crippen LogP) is 2.69. The normalized spacial score (nSPS) is 32.8. The zero-order valence-electron chi connectivity index (χ0n) is 12.4. The Morgan fingerprint density at radius 3 is 2.90 bits per heavy atom. The Morgan fingerprint density at radius 1 is 1.40 bits per heavy atom. The second kappa shape index (κ2) is 4.88. The quantitative estimate of drug-likeness (QED) is 0.899. The first-order valence-electron chi connectivity index (χ1n) is 7.70. The second-order valence-corrected chi connectivity index (χ2v) is 6.41. The minimum Gasteiger partial charge on any atom is -0.330 e. The van der Waals surface area contributed by atoms with Crippen LogP contribution in [0.3, 0.4) is 0 Å². The Balaban J connectivity index is 2.16. The molecule has 3 heteroatoms. The van der Waals surface area contributed by atoms with Gasteiger partial charge in [0.25, 0.3) is 0 Å². The van der Waals surface area contributed by atoms with Gasteiger partial charge in [-0.2, -0.15) is 0 Å². The van der Waals surface area contributed by atoms with Gasteiger partial charge in [0, 0.05) is 12.7 Å². The van der Waals surface area contributed by atoms with Crippen molar-refractivity contribution in [1.82, 2.24) is 0 Å². The van der Waals surface area contributed by atoms with E-state index in [1.54, 1.807) is 0 Å². The van der Waals surface area contributed by atoms with Gasteiger partial charge in [-0.3, -0.25) is 4.79 Å². The van der Waals surface area contributed by atoms with Crippen molar-refractivity contribution in [2.45, 2.75) is 38.0 Å². The van der Waals surface area contributed by atoms with Gasteiger partial charge in [-0.15, -0.1) is 0 Å². The topological polar surface area (TPSA) is 46.3 Å². The van der Waals surface area contributed by atoms with Crippen molar-refractivity contribution in [2.75, 3.05) is 18.5 Å². The van der Waals surface area contributed by atoms with Crippen molar-refractivity contribution >= 4 is 11.6 Å². The van der Waals surface area contributed by atoms with E-state index in [9.17, 15) is 4.79 Å². The van der Waals surface area contributed by atoms with Crippen LogP contribution in [0.2, 0.25) is 0 Å². The fourth-order valence-corrected chi connectivity index (χ4v) is 4.55. The number of nitrogens with zero attached hydrogens (tertiary/aromatic N) is 1. The van der Waals surface area contributed by atoms with Crippen LogP contribution in [-0.2, 0) is 10.2 Å². The number of benzene rings is 1. The standard InChI is InChI=1S/C17H24N2O/c1-12-6-5-10-17(13(12)9-11-18)14-7-3-4-8-15(14)19(2)16(17)20/h3-4,7-8,12-13H,5-6,9-11,18H2,1-2H3. The van der Waals surface area contributed by atoms with Crippen LogP contribution < -0.4 is 10.6 Å². The number of nitrogens with two attached hydrogens (primary N) is 1. The monoisotopic (exact) mass is 272 g/mol. The summed E-state index contributed by atoms with van der Waals surface area (Å²) in [5.74, 6) is 1.22. The molecular formula is C17H24N2O. The number of para-hydroxylation sites is 1. The van der Waals surface area contributed by atoms with Gasteiger partial charge < -0.3 is 10.6 Å². The molecule has 1 aliphatic carbocycles. The minimum atomic E-state index is -0.317. The van der Waals surface area contributed by atoms with Crippen LogP contribution in [0.4, 0.5) is 5.69 Å². The molecule has 1 amide bonds. The van der Waals surface area contributed by atoms with Crippen molar-refractivity contribution in [2.24, 2.45) is 17.6 Å². The maximum Gasteiger partial charge on any atom is 0.237 e. The van der Waals surface area contributed by atoms with E-state index in [4.69, 9.17) is 5.73 Å². The molecule has 0 aromatic heterocycles. The lowest BCUT2D eigenvalue weighted by atomic mass is 9.58. The minimum absolute atomic E-state index is 0.281. The van der Waals surface area contributed by atoms with E-state index in [1.165, 1.54) is 12.0 Å². The Kier molecular flexibility index (Phi) is 3.33. The first kappa shape index (κ1) is 13.6. The Morgan fingerprint density at radius 2 is 2.15 bits per heavy atom. The third kappa shape index (κ3) is 1.65. The zero-order valence-corrected chi connectivity index (χ0v) is 12.4. The van der Waals surface area contributed by atoms with Crippen LogP contribution in [0, 0.1) is 11.8 Å². The maximum absolute atomic E-state index is 13.1. The van der Waals surface area contributed by atoms with Gasteiger partial charge in [-0.1, -0.05) is 38.0 Å². The third-order valence-corrected chi connectivity index (χ3v) is 5.46. The largest absolute Gasteiger partial charge is 0.330 e. The van der Waals surface area contributed by atoms with Crippen molar-refractivity contribution < 1.29 is 4.79 Å². The van der Waals surface area contributed by atoms with Crippen molar-refractivity contribution in [3.05, 3.63) is 29.8 Å². The smallest absolute Gasteiger partial charge is 0.237 e. The molecule has 1 aromatic rings. The van der Waals surface area contributed by atoms with Gasteiger partial charge in [0.05, 0.1) is 5.41 Å². The summed E-state index contributed by atoms with van der Waals surface area (Å²) in [5.41, 5.74) is 7.86. The van der Waals surface area contributed by atoms with E-state index < -0.39 is 0 Å². The molecule has 0 saturated heterocycles. The van der Waals surface area contributed by atoms with E-state index in [-0.39, 0.29) is 11.3 Å². The molecule has 3 nitrogen and oxygen atoms in total. The second-order valence-electron chi connectivity index (χ2n) is 6.41. The molecule has 1 heterocycles. The van der Waals surface area contributed by atoms with Crippen LogP contribution in [0.25, 0.3) is 0 Å². The Bertz CT molecular complexity index is 527. The number of carbonyl (C=O) groups excluding carboxylic acids is 1. The third-order valence-electron chi connectivity index (χ3n) is 5.46. The number of fused-ring (bicyclic) bond motifs is 2. The van der Waals surface area contributed by atoms with E-state index in [0.29, 0.717) is 18.4 Å². The average molecular weight is 272 g/mol. The van der Waals surface area contributed by atoms with Gasteiger partial charge in [0.2, 0.25) is 5.91 Å². The summed E-state index contributed by atoms with van der Waals surface area (Å²) in [4.78, 5) is 14.9. The van der Waals surface area contributed by atoms with Crippen LogP contribution in [-0.4, -0.2) is 19.5 Å². The number of rotatable bonds is 2. The Labute approximate surface area is 121 Å². The first-order valence-corrected chi connectivity index (χ1v) is 7.70. The fourth-order valence-electron chi connectivity index (χ4n) is 4.55. The summed E-state index contributed by atoms with van der Waals surface area (Å²) < 4.78 is 0. The van der Waals surface area contributed by atoms with Gasteiger partial charge in [-0.05, 0) is 42.9 Å². The van der Waals surface area contributed by atoms with Crippen molar-refractivity contribution in [3.8, 4) is 0 Å². The lowest BCUT2D eigenvalue weighted by Gasteiger charge is -2.44. The first-order chi connectivity index (χ1) is 9.63. The highest BCUT2D eigenvalue weighted by Crippen LogP contribution is 2.54. The molecule has 0 radical (unpaired) electrons. The van der Waals surface area contributed by atoms with E-state index in [0.717, 1.165) is 24.9 Å². The summed E-state index contributed by atoms with van der Waals surface area (Å²) in [6.45, 7) is 2.95. The van der Waals surface area contributed by atoms with Gasteiger partial charge in [0.15, 0.2) is 0 Å². The molecule has 1 aromatic carbocycles. The number of hydrogen-bond acceptors (Lipinski definition) is 2. The lowest BCUT2D eigenvalue weighted by Crippen LogP contribution is -2.49. The molecule has 3 rings (SSSR count). The predicted molar refractivity (Wildman–Crippen MR) is 81.7 cm³/mol. The number of likely N-dealkylation sites (N-methyl/N-ethyl adjacent to an activating group) is 1. The van der Waals surface area contributed by atoms with Crippen LogP contribution in [0.15, 0.2) is 24.3 Å². The summed E-state index contributed by atoms with van der Waals surface area (Å²) in [5, 5.41) is 0. The highest BCUT2D eigenvalue weighted by Gasteiger charge is 2.56. The van der Waals surface area contributed by atoms with Gasteiger partial charge >= 0.3 is 0 Å². The van der Waals surface area contributed by atoms with Crippen LogP contribution >= 0.6 is 0 Å². The Hall–Kier alpha value is -1.35. The molecule has 0 bridgehead atoms. The molecular weight excluding hydrogens is 248 g/mol. The lowest BCUT2D eigenvalue weighted by molar-refractivity contribution is -0.127. The summed E-state index contributed by atoms with van der Waals surface area (Å²) in [6.07, 6.45) is 4.26. The molecule has 1 aliphatic heterocycles. The summed E-state index contributed by atoms with van der Waals surface area (Å²) in [7, 11) is 1.91. The van der Waals surface area contributed by atoms with Gasteiger partial charge in [-0.25, -0.2) is 0 Å². The number of carbonyl (C=O) groups is 1. The van der Waals surface area contributed by atoms with Crippen LogP contribution in [0.5, 0.6) is 0 Å². The van der Waals surface area contributed by atoms with E-state index in [1.807, 2.05) is 18.0 Å². The molecule has 3 unspecified atom stereocenters. The molecule has 20 heavy (non-hydrogen) atoms. The number of anilines is 1. The molecule has 1 fully saturated rings. The van der Waals surface area contributed by atoms with Gasteiger partial charge in [0.1, 0.15) is 0 Å². The molecule has 108 valence electrons. The SMILES string of the molecule is CC1CCCC2(C(=O)N(C)c3ccccc32)C1CCN. The highest BCUT2D eigenvalue weighted by molar-refractivity contribution is 6.08. The zero-order chi connectivity index (χ0) is 14.3. The van der Waals surface area contributed by atoms with E-state index in [2.05, 4.69) is 25.1 Å². The fraction of sp³-hybridized carbons (Fsp3) is 0.588. The average Bonchev–Trinajstić information content (AvgIpc) is 2.67. The summed E-state index contributed by atoms with van der Waals surface area (Å²) in [6, 6.07) is 8.30. The van der Waals surface area contributed by atoms with Crippen molar-refractivity contribution in [3.63, 3.8) is 0 Å². The van der Waals surface area contributed by atoms with E-state index >= 15 is 0 Å². The molecule has 1 saturated carbocycles. The van der Waals surface area contributed by atoms with Crippen molar-refractivity contribution in [1.29, 1.82) is 0 Å². The molecule has 2 N–H and O–H groups in total. The molecule has 3 atom stereocenters. The van der Waals surface area contributed by atoms with Crippen LogP contribution in [0.1, 0.15) is 38.2 Å². The number of hydrogen-bond donors (Lipinski definition) is 1. The molecule has 2 aliphatic rings. The number of amides is 1. The molecule has 1 spiro atoms. The maximum atomic E-state index is 13.1.